The zero-order valence-corrected chi connectivity index (χ0v) is 33.4. The van der Waals surface area contributed by atoms with Gasteiger partial charge in [0.1, 0.15) is 95.5 Å². The minimum absolute atomic E-state index is 0.0241. The molecule has 6 rings (SSSR count). The largest absolute Gasteiger partial charge is 0.508 e. The average molecular weight is 859 g/mol. The van der Waals surface area contributed by atoms with Crippen molar-refractivity contribution in [2.24, 2.45) is 0 Å². The summed E-state index contributed by atoms with van der Waals surface area (Å²) in [4.78, 5) is 26.4. The maximum absolute atomic E-state index is 13.5. The van der Waals surface area contributed by atoms with Crippen molar-refractivity contribution in [3.05, 3.63) is 69.9 Å². The highest BCUT2D eigenvalue weighted by molar-refractivity contribution is 5.89. The second-order valence-corrected chi connectivity index (χ2v) is 13.8. The fourth-order valence-corrected chi connectivity index (χ4v) is 7.16. The number of aliphatic hydroxyl groups excluding tert-OH is 6. The van der Waals surface area contributed by atoms with E-state index in [9.17, 15) is 50.4 Å². The van der Waals surface area contributed by atoms with E-state index in [1.54, 1.807) is 0 Å². The number of carbonyl (C=O) groups excluding carboxylic acids is 1. The molecule has 0 aliphatic carbocycles. The smallest absolute Gasteiger partial charge is 0.330 e. The molecular formula is C41H46O20. The summed E-state index contributed by atoms with van der Waals surface area (Å²) in [6.07, 6.45) is -15.8. The summed E-state index contributed by atoms with van der Waals surface area (Å²) in [5.74, 6) is -0.911. The molecule has 1 aromatic heterocycles. The molecule has 8 N–H and O–H groups in total. The van der Waals surface area contributed by atoms with Gasteiger partial charge in [-0.2, -0.15) is 0 Å². The fourth-order valence-electron chi connectivity index (χ4n) is 7.16. The van der Waals surface area contributed by atoms with Crippen molar-refractivity contribution in [1.82, 2.24) is 0 Å². The molecule has 330 valence electrons. The molecule has 2 aliphatic rings. The molecule has 2 saturated heterocycles. The second-order valence-electron chi connectivity index (χ2n) is 13.8. The lowest BCUT2D eigenvalue weighted by molar-refractivity contribution is -0.342. The van der Waals surface area contributed by atoms with Crippen molar-refractivity contribution >= 4 is 23.0 Å². The molecule has 0 spiro atoms. The topological polar surface area (TPSA) is 292 Å². The Hall–Kier alpha value is -5.68. The molecular weight excluding hydrogens is 812 g/mol. The van der Waals surface area contributed by atoms with E-state index < -0.39 is 91.6 Å². The molecule has 2 fully saturated rings. The summed E-state index contributed by atoms with van der Waals surface area (Å²) in [5, 5.41) is 86.1. The molecule has 0 saturated carbocycles. The number of carbonyl (C=O) groups is 1. The molecule has 4 aromatic rings. The van der Waals surface area contributed by atoms with E-state index in [2.05, 4.69) is 0 Å². The van der Waals surface area contributed by atoms with Crippen molar-refractivity contribution < 1.29 is 92.7 Å². The van der Waals surface area contributed by atoms with Crippen LogP contribution in [0.3, 0.4) is 0 Å². The van der Waals surface area contributed by atoms with Crippen LogP contribution >= 0.6 is 0 Å². The predicted octanol–water partition coefficient (Wildman–Crippen LogP) is 0.518. The molecule has 0 bridgehead atoms. The zero-order chi connectivity index (χ0) is 44.3. The van der Waals surface area contributed by atoms with Crippen LogP contribution in [0.25, 0.3) is 28.4 Å². The van der Waals surface area contributed by atoms with Crippen molar-refractivity contribution in [2.45, 2.75) is 61.2 Å². The van der Waals surface area contributed by atoms with Gasteiger partial charge in [0, 0.05) is 29.3 Å². The SMILES string of the molecule is COc1cc(/C=C/C(=O)OC[C@H]2O[C@@H](O[C@@H]3[C@@H](O)[C@H](O)[C@@H](CO)O[C@H]3c3c(OC)cc4oc(-c5ccc(O)cc5)cc(=O)c4c3O)[C@H](O)[C@@H](O)[C@@H]2O)c(OC)c(OC)c1OC. The molecule has 2 aliphatic heterocycles. The minimum Gasteiger partial charge on any atom is -0.508 e. The van der Waals surface area contributed by atoms with Crippen LogP contribution in [-0.2, 0) is 23.7 Å². The minimum atomic E-state index is -2.02. The van der Waals surface area contributed by atoms with E-state index in [-0.39, 0.29) is 56.8 Å². The van der Waals surface area contributed by atoms with Crippen molar-refractivity contribution in [1.29, 1.82) is 0 Å². The van der Waals surface area contributed by atoms with Gasteiger partial charge >= 0.3 is 5.97 Å². The Bertz CT molecular complexity index is 2270. The van der Waals surface area contributed by atoms with Crippen LogP contribution < -0.4 is 29.1 Å². The van der Waals surface area contributed by atoms with Gasteiger partial charge in [0.25, 0.3) is 0 Å². The average Bonchev–Trinajstić information content (AvgIpc) is 3.26. The lowest BCUT2D eigenvalue weighted by atomic mass is 9.89. The zero-order valence-electron chi connectivity index (χ0n) is 33.4. The maximum Gasteiger partial charge on any atom is 0.330 e. The van der Waals surface area contributed by atoms with E-state index in [1.807, 2.05) is 0 Å². The number of ether oxygens (including phenoxy) is 9. The molecule has 0 unspecified atom stereocenters. The van der Waals surface area contributed by atoms with Gasteiger partial charge in [-0.05, 0) is 36.4 Å². The summed E-state index contributed by atoms with van der Waals surface area (Å²) < 4.78 is 56.0. The monoisotopic (exact) mass is 858 g/mol. The number of phenols is 2. The normalized spacial score (nSPS) is 26.5. The lowest BCUT2D eigenvalue weighted by Crippen LogP contribution is -2.63. The Morgan fingerprint density at radius 2 is 1.39 bits per heavy atom. The van der Waals surface area contributed by atoms with Gasteiger partial charge in [-0.25, -0.2) is 4.79 Å². The maximum atomic E-state index is 13.5. The third-order valence-corrected chi connectivity index (χ3v) is 10.3. The Morgan fingerprint density at radius 1 is 0.738 bits per heavy atom. The highest BCUT2D eigenvalue weighted by Crippen LogP contribution is 2.48. The first kappa shape index (κ1) is 44.9. The number of hydrogen-bond donors (Lipinski definition) is 8. The first-order valence-corrected chi connectivity index (χ1v) is 18.6. The van der Waals surface area contributed by atoms with Crippen LogP contribution in [-0.4, -0.2) is 151 Å². The number of phenolic OH excluding ortho intramolecular Hbond substituents is 2. The summed E-state index contributed by atoms with van der Waals surface area (Å²) in [6, 6.07) is 9.65. The first-order chi connectivity index (χ1) is 29.2. The summed E-state index contributed by atoms with van der Waals surface area (Å²) in [5.41, 5.74) is -0.418. The van der Waals surface area contributed by atoms with Gasteiger partial charge < -0.3 is 87.9 Å². The molecule has 20 heteroatoms. The Kier molecular flexibility index (Phi) is 13.9. The van der Waals surface area contributed by atoms with E-state index in [1.165, 1.54) is 78.0 Å². The Balaban J connectivity index is 1.27. The lowest BCUT2D eigenvalue weighted by Gasteiger charge is -2.46. The second kappa shape index (κ2) is 18.9. The standard InChI is InChI=1S/C41H46O20/c1-52-22-14-23-28(20(44)13-21(58-23)17-6-9-19(43)10-7-17)32(48)29(22)38-39(34(50)30(46)25(15-42)59-38)61-41-35(51)33(49)31(47)26(60-41)16-57-27(45)11-8-18-12-24(53-2)37(55-4)40(56-5)36(18)54-3/h6-14,25-26,30-31,33-35,38-39,41-43,46-51H,15-16H2,1-5H3/b11-8+/t25-,26-,30-,31-,33+,34+,35-,38+,39-,41+/m1/s1. The van der Waals surface area contributed by atoms with Gasteiger partial charge in [-0.15, -0.1) is 0 Å². The molecule has 61 heavy (non-hydrogen) atoms. The number of aromatic hydroxyl groups is 2. The van der Waals surface area contributed by atoms with Gasteiger partial charge in [0.2, 0.25) is 11.5 Å². The van der Waals surface area contributed by atoms with Gasteiger partial charge in [0.05, 0.1) is 47.7 Å². The van der Waals surface area contributed by atoms with Gasteiger partial charge in [0.15, 0.2) is 23.2 Å². The molecule has 0 radical (unpaired) electrons. The summed E-state index contributed by atoms with van der Waals surface area (Å²) >= 11 is 0. The fraction of sp³-hybridized carbons (Fsp3) is 0.415. The first-order valence-electron chi connectivity index (χ1n) is 18.6. The van der Waals surface area contributed by atoms with E-state index in [4.69, 9.17) is 47.0 Å². The number of esters is 1. The molecule has 3 heterocycles. The third kappa shape index (κ3) is 8.76. The summed E-state index contributed by atoms with van der Waals surface area (Å²) in [6.45, 7) is -1.54. The van der Waals surface area contributed by atoms with Gasteiger partial charge in [-0.3, -0.25) is 4.79 Å². The number of benzene rings is 3. The molecule has 0 amide bonds. The Labute approximate surface area is 346 Å². The number of rotatable bonds is 14. The Morgan fingerprint density at radius 3 is 2.02 bits per heavy atom. The third-order valence-electron chi connectivity index (χ3n) is 10.3. The van der Waals surface area contributed by atoms with Crippen molar-refractivity contribution in [3.8, 4) is 51.6 Å². The highest BCUT2D eigenvalue weighted by Gasteiger charge is 2.52. The number of aliphatic hydroxyl groups is 6. The van der Waals surface area contributed by atoms with Crippen molar-refractivity contribution in [2.75, 3.05) is 48.8 Å². The molecule has 10 atom stereocenters. The molecule has 20 nitrogen and oxygen atoms in total. The van der Waals surface area contributed by atoms with Crippen LogP contribution in [0.4, 0.5) is 0 Å². The summed E-state index contributed by atoms with van der Waals surface area (Å²) in [7, 11) is 6.79. The van der Waals surface area contributed by atoms with Crippen LogP contribution in [0.2, 0.25) is 0 Å². The van der Waals surface area contributed by atoms with Gasteiger partial charge in [-0.1, -0.05) is 0 Å². The van der Waals surface area contributed by atoms with Crippen LogP contribution in [0.15, 0.2) is 57.8 Å². The van der Waals surface area contributed by atoms with E-state index in [0.29, 0.717) is 11.1 Å². The number of methoxy groups -OCH3 is 5. The predicted molar refractivity (Wildman–Crippen MR) is 209 cm³/mol. The molecule has 3 aromatic carbocycles. The van der Waals surface area contributed by atoms with Crippen LogP contribution in [0, 0.1) is 0 Å². The van der Waals surface area contributed by atoms with Crippen LogP contribution in [0.5, 0.6) is 40.2 Å². The van der Waals surface area contributed by atoms with E-state index in [0.717, 1.165) is 12.1 Å². The van der Waals surface area contributed by atoms with Crippen molar-refractivity contribution in [3.63, 3.8) is 0 Å². The van der Waals surface area contributed by atoms with Crippen LogP contribution in [0.1, 0.15) is 17.2 Å². The number of fused-ring (bicyclic) bond motifs is 1. The highest BCUT2D eigenvalue weighted by atomic mass is 16.7. The number of hydrogen-bond acceptors (Lipinski definition) is 20. The van der Waals surface area contributed by atoms with E-state index >= 15 is 0 Å². The quantitative estimate of drug-likeness (QED) is 0.0633.